The van der Waals surface area contributed by atoms with Gasteiger partial charge in [-0.15, -0.1) is 10.2 Å². The highest BCUT2D eigenvalue weighted by Crippen LogP contribution is 2.37. The van der Waals surface area contributed by atoms with Crippen LogP contribution >= 0.6 is 11.8 Å². The molecular formula is C23H16F3N3O2S. The second-order valence-electron chi connectivity index (χ2n) is 6.72. The number of amides is 1. The van der Waals surface area contributed by atoms with Crippen LogP contribution in [0.15, 0.2) is 94.6 Å². The lowest BCUT2D eigenvalue weighted by Gasteiger charge is -2.16. The maximum atomic E-state index is 13.1. The minimum absolute atomic E-state index is 0.0434. The number of alkyl halides is 3. The minimum atomic E-state index is -4.51. The lowest BCUT2D eigenvalue weighted by Crippen LogP contribution is -2.19. The average Bonchev–Trinajstić information content (AvgIpc) is 3.27. The summed E-state index contributed by atoms with van der Waals surface area (Å²) in [6.07, 6.45) is -4.51. The first-order valence-electron chi connectivity index (χ1n) is 9.49. The number of halogens is 3. The summed E-state index contributed by atoms with van der Waals surface area (Å²) < 4.78 is 44.7. The van der Waals surface area contributed by atoms with Gasteiger partial charge >= 0.3 is 6.18 Å². The number of hydrogen-bond acceptors (Lipinski definition) is 5. The van der Waals surface area contributed by atoms with Crippen LogP contribution in [-0.4, -0.2) is 16.1 Å². The number of anilines is 1. The Balaban J connectivity index is 1.58. The van der Waals surface area contributed by atoms with Crippen molar-refractivity contribution in [2.75, 3.05) is 5.32 Å². The second kappa shape index (κ2) is 9.27. The molecule has 1 atom stereocenters. The van der Waals surface area contributed by atoms with Gasteiger partial charge in [-0.05, 0) is 47.7 Å². The van der Waals surface area contributed by atoms with E-state index in [1.165, 1.54) is 12.1 Å². The average molecular weight is 455 g/mol. The Morgan fingerprint density at radius 1 is 0.906 bits per heavy atom. The SMILES string of the molecule is O=C(Nc1cccc(C(F)(F)F)c1)[C@H](Sc1nnc(-c2ccccc2)o1)c1ccccc1. The first-order chi connectivity index (χ1) is 15.4. The molecule has 0 aliphatic heterocycles. The Bertz CT molecular complexity index is 1200. The van der Waals surface area contributed by atoms with Crippen molar-refractivity contribution in [2.24, 2.45) is 0 Å². The van der Waals surface area contributed by atoms with Gasteiger partial charge in [-0.1, -0.05) is 54.6 Å². The predicted octanol–water partition coefficient (Wildman–Crippen LogP) is 6.23. The molecule has 0 fully saturated rings. The topological polar surface area (TPSA) is 68.0 Å². The van der Waals surface area contributed by atoms with Gasteiger partial charge in [0.05, 0.1) is 5.56 Å². The highest BCUT2D eigenvalue weighted by atomic mass is 32.2. The van der Waals surface area contributed by atoms with Gasteiger partial charge in [0.1, 0.15) is 5.25 Å². The van der Waals surface area contributed by atoms with Crippen LogP contribution in [0.2, 0.25) is 0 Å². The van der Waals surface area contributed by atoms with E-state index in [2.05, 4.69) is 15.5 Å². The Labute approximate surface area is 185 Å². The molecule has 4 aromatic rings. The van der Waals surface area contributed by atoms with Crippen molar-refractivity contribution in [3.63, 3.8) is 0 Å². The van der Waals surface area contributed by atoms with Gasteiger partial charge in [0.25, 0.3) is 5.22 Å². The highest BCUT2D eigenvalue weighted by molar-refractivity contribution is 8.00. The lowest BCUT2D eigenvalue weighted by atomic mass is 10.1. The molecule has 0 saturated carbocycles. The number of nitrogens with one attached hydrogen (secondary N) is 1. The summed E-state index contributed by atoms with van der Waals surface area (Å²) in [6.45, 7) is 0. The molecule has 1 N–H and O–H groups in total. The quantitative estimate of drug-likeness (QED) is 0.349. The van der Waals surface area contributed by atoms with Crippen LogP contribution < -0.4 is 5.32 Å². The fraction of sp³-hybridized carbons (Fsp3) is 0.0870. The van der Waals surface area contributed by atoms with Crippen LogP contribution in [-0.2, 0) is 11.0 Å². The number of carbonyl (C=O) groups is 1. The maximum absolute atomic E-state index is 13.1. The number of carbonyl (C=O) groups excluding carboxylic acids is 1. The summed E-state index contributed by atoms with van der Waals surface area (Å²) >= 11 is 1.02. The molecule has 4 rings (SSSR count). The van der Waals surface area contributed by atoms with E-state index >= 15 is 0 Å². The molecule has 0 aliphatic rings. The molecule has 1 amide bonds. The lowest BCUT2D eigenvalue weighted by molar-refractivity contribution is -0.137. The van der Waals surface area contributed by atoms with Crippen LogP contribution in [0.1, 0.15) is 16.4 Å². The summed E-state index contributed by atoms with van der Waals surface area (Å²) in [4.78, 5) is 13.1. The van der Waals surface area contributed by atoms with E-state index < -0.39 is 22.9 Å². The molecule has 0 bridgehead atoms. The third-order valence-corrected chi connectivity index (χ3v) is 5.53. The molecule has 0 radical (unpaired) electrons. The van der Waals surface area contributed by atoms with Crippen molar-refractivity contribution < 1.29 is 22.4 Å². The largest absolute Gasteiger partial charge is 0.416 e. The molecular weight excluding hydrogens is 439 g/mol. The monoisotopic (exact) mass is 455 g/mol. The van der Waals surface area contributed by atoms with E-state index in [4.69, 9.17) is 4.42 Å². The first kappa shape index (κ1) is 21.6. The third kappa shape index (κ3) is 5.17. The molecule has 5 nitrogen and oxygen atoms in total. The van der Waals surface area contributed by atoms with Gasteiger partial charge in [-0.2, -0.15) is 13.2 Å². The molecule has 0 aliphatic carbocycles. The highest BCUT2D eigenvalue weighted by Gasteiger charge is 2.31. The molecule has 1 heterocycles. The van der Waals surface area contributed by atoms with Crippen LogP contribution in [0.5, 0.6) is 0 Å². The van der Waals surface area contributed by atoms with E-state index in [0.29, 0.717) is 11.5 Å². The Hall–Kier alpha value is -3.59. The van der Waals surface area contributed by atoms with E-state index in [1.807, 2.05) is 30.3 Å². The molecule has 32 heavy (non-hydrogen) atoms. The Kier molecular flexibility index (Phi) is 6.27. The van der Waals surface area contributed by atoms with Crippen molar-refractivity contribution in [1.29, 1.82) is 0 Å². The van der Waals surface area contributed by atoms with Gasteiger partial charge in [0.2, 0.25) is 11.8 Å². The van der Waals surface area contributed by atoms with E-state index in [0.717, 1.165) is 29.5 Å². The van der Waals surface area contributed by atoms with Crippen molar-refractivity contribution >= 4 is 23.4 Å². The zero-order chi connectivity index (χ0) is 22.6. The number of rotatable bonds is 6. The summed E-state index contributed by atoms with van der Waals surface area (Å²) in [6, 6.07) is 22.5. The van der Waals surface area contributed by atoms with Crippen LogP contribution in [0, 0.1) is 0 Å². The van der Waals surface area contributed by atoms with Crippen molar-refractivity contribution in [2.45, 2.75) is 16.6 Å². The predicted molar refractivity (Wildman–Crippen MR) is 115 cm³/mol. The standard InChI is InChI=1S/C23H16F3N3O2S/c24-23(25,26)17-12-7-13-18(14-17)27-20(30)19(15-8-3-1-4-9-15)32-22-29-28-21(31-22)16-10-5-2-6-11-16/h1-14,19H,(H,27,30)/t19-/m1/s1. The van der Waals surface area contributed by atoms with Crippen LogP contribution in [0.25, 0.3) is 11.5 Å². The zero-order valence-corrected chi connectivity index (χ0v) is 17.2. The molecule has 0 unspecified atom stereocenters. The number of hydrogen-bond donors (Lipinski definition) is 1. The summed E-state index contributed by atoms with van der Waals surface area (Å²) in [5, 5.41) is 9.93. The van der Waals surface area contributed by atoms with E-state index in [9.17, 15) is 18.0 Å². The maximum Gasteiger partial charge on any atom is 0.416 e. The van der Waals surface area contributed by atoms with Gasteiger partial charge in [-0.3, -0.25) is 4.79 Å². The molecule has 9 heteroatoms. The third-order valence-electron chi connectivity index (χ3n) is 4.44. The number of benzene rings is 3. The van der Waals surface area contributed by atoms with Crippen molar-refractivity contribution in [3.8, 4) is 11.5 Å². The van der Waals surface area contributed by atoms with Crippen LogP contribution in [0.3, 0.4) is 0 Å². The molecule has 0 saturated heterocycles. The first-order valence-corrected chi connectivity index (χ1v) is 10.4. The fourth-order valence-electron chi connectivity index (χ4n) is 2.94. The van der Waals surface area contributed by atoms with E-state index in [1.54, 1.807) is 30.3 Å². The fourth-order valence-corrected chi connectivity index (χ4v) is 3.81. The number of nitrogens with zero attached hydrogens (tertiary/aromatic N) is 2. The normalized spacial score (nSPS) is 12.3. The van der Waals surface area contributed by atoms with Crippen molar-refractivity contribution in [3.05, 3.63) is 96.1 Å². The molecule has 1 aromatic heterocycles. The van der Waals surface area contributed by atoms with Crippen molar-refractivity contribution in [1.82, 2.24) is 10.2 Å². The molecule has 3 aromatic carbocycles. The smallest absolute Gasteiger partial charge is 0.411 e. The summed E-state index contributed by atoms with van der Waals surface area (Å²) in [5.41, 5.74) is 0.573. The summed E-state index contributed by atoms with van der Waals surface area (Å²) in [5.74, 6) is -0.210. The number of thioether (sulfide) groups is 1. The van der Waals surface area contributed by atoms with Crippen LogP contribution in [0.4, 0.5) is 18.9 Å². The Morgan fingerprint density at radius 3 is 2.28 bits per heavy atom. The van der Waals surface area contributed by atoms with Gasteiger partial charge < -0.3 is 9.73 Å². The van der Waals surface area contributed by atoms with Gasteiger partial charge in [0, 0.05) is 11.3 Å². The van der Waals surface area contributed by atoms with E-state index in [-0.39, 0.29) is 10.9 Å². The minimum Gasteiger partial charge on any atom is -0.411 e. The summed E-state index contributed by atoms with van der Waals surface area (Å²) in [7, 11) is 0. The second-order valence-corrected chi connectivity index (χ2v) is 7.77. The van der Waals surface area contributed by atoms with Gasteiger partial charge in [0.15, 0.2) is 0 Å². The zero-order valence-electron chi connectivity index (χ0n) is 16.4. The Morgan fingerprint density at radius 2 is 1.59 bits per heavy atom. The molecule has 0 spiro atoms. The number of aromatic nitrogens is 2. The van der Waals surface area contributed by atoms with Gasteiger partial charge in [-0.25, -0.2) is 0 Å². The molecule has 162 valence electrons.